The second kappa shape index (κ2) is 11.1. The van der Waals surface area contributed by atoms with Crippen LogP contribution in [0.15, 0.2) is 73.1 Å². The number of amides is 1. The quantitative estimate of drug-likeness (QED) is 0.376. The van der Waals surface area contributed by atoms with Gasteiger partial charge in [0.05, 0.1) is 12.7 Å². The molecule has 0 aliphatic heterocycles. The molecule has 0 atom stereocenters. The number of benzene rings is 2. The summed E-state index contributed by atoms with van der Waals surface area (Å²) in [6.07, 6.45) is -1.60. The van der Waals surface area contributed by atoms with Crippen molar-refractivity contribution in [2.24, 2.45) is 0 Å². The number of rotatable bonds is 5. The van der Waals surface area contributed by atoms with Crippen molar-refractivity contribution in [3.63, 3.8) is 0 Å². The summed E-state index contributed by atoms with van der Waals surface area (Å²) in [5.41, 5.74) is 10.5. The van der Waals surface area contributed by atoms with Crippen molar-refractivity contribution in [2.45, 2.75) is 19.6 Å². The van der Waals surface area contributed by atoms with Gasteiger partial charge in [0.1, 0.15) is 11.5 Å². The van der Waals surface area contributed by atoms with E-state index in [1.807, 2.05) is 73.8 Å². The van der Waals surface area contributed by atoms with Crippen LogP contribution in [0.5, 0.6) is 0 Å². The number of nitrogens with zero attached hydrogens (tertiary/aromatic N) is 4. The monoisotopic (exact) mass is 498 g/mol. The molecular formula is C24H21F3N6O3. The van der Waals surface area contributed by atoms with Gasteiger partial charge in [0, 0.05) is 28.6 Å². The first-order valence-corrected chi connectivity index (χ1v) is 10.4. The van der Waals surface area contributed by atoms with Crippen LogP contribution in [-0.4, -0.2) is 43.1 Å². The number of aryl methyl sites for hydroxylation is 1. The molecule has 186 valence electrons. The van der Waals surface area contributed by atoms with E-state index in [1.165, 1.54) is 0 Å². The third kappa shape index (κ3) is 6.88. The first-order valence-electron chi connectivity index (χ1n) is 10.4. The molecule has 0 unspecified atom stereocenters. The van der Waals surface area contributed by atoms with Crippen molar-refractivity contribution in [2.75, 3.05) is 11.1 Å². The maximum absolute atomic E-state index is 12.7. The lowest BCUT2D eigenvalue weighted by Gasteiger charge is -2.09. The molecule has 0 aliphatic rings. The molecule has 9 nitrogen and oxygen atoms in total. The first-order chi connectivity index (χ1) is 17.0. The van der Waals surface area contributed by atoms with Crippen LogP contribution >= 0.6 is 0 Å². The molecule has 0 radical (unpaired) electrons. The average Bonchev–Trinajstić information content (AvgIpc) is 3.30. The Balaban J connectivity index is 0.000000454. The van der Waals surface area contributed by atoms with Crippen LogP contribution < -0.4 is 11.1 Å². The molecule has 0 saturated heterocycles. The summed E-state index contributed by atoms with van der Waals surface area (Å²) in [6.45, 7) is 2.38. The van der Waals surface area contributed by atoms with Crippen LogP contribution in [0.2, 0.25) is 0 Å². The van der Waals surface area contributed by atoms with Gasteiger partial charge < -0.3 is 16.2 Å². The largest absolute Gasteiger partial charge is 0.490 e. The predicted octanol–water partition coefficient (Wildman–Crippen LogP) is 4.16. The van der Waals surface area contributed by atoms with E-state index in [-0.39, 0.29) is 5.91 Å². The van der Waals surface area contributed by atoms with E-state index in [0.29, 0.717) is 23.6 Å². The van der Waals surface area contributed by atoms with E-state index in [2.05, 4.69) is 20.6 Å². The minimum absolute atomic E-state index is 0.161. The zero-order valence-electron chi connectivity index (χ0n) is 18.9. The number of carbonyl (C=O) groups is 2. The van der Waals surface area contributed by atoms with E-state index in [1.54, 1.807) is 10.9 Å². The number of carbonyl (C=O) groups excluding carboxylic acids is 1. The molecule has 0 fully saturated rings. The zero-order chi connectivity index (χ0) is 26.3. The minimum Gasteiger partial charge on any atom is -0.475 e. The van der Waals surface area contributed by atoms with Gasteiger partial charge in [-0.15, -0.1) is 5.10 Å². The molecule has 0 spiro atoms. The van der Waals surface area contributed by atoms with E-state index < -0.39 is 12.1 Å². The van der Waals surface area contributed by atoms with Crippen molar-refractivity contribution >= 4 is 23.4 Å². The summed E-state index contributed by atoms with van der Waals surface area (Å²) in [5.74, 6) is -2.45. The number of nitrogens with two attached hydrogens (primary N) is 1. The molecule has 36 heavy (non-hydrogen) atoms. The highest BCUT2D eigenvalue weighted by Gasteiger charge is 2.38. The third-order valence-corrected chi connectivity index (χ3v) is 4.85. The second-order valence-corrected chi connectivity index (χ2v) is 7.50. The molecule has 0 aliphatic carbocycles. The minimum atomic E-state index is -5.08. The maximum atomic E-state index is 12.7. The number of nitrogen functional groups attached to an aromatic ring is 1. The van der Waals surface area contributed by atoms with E-state index in [4.69, 9.17) is 15.6 Å². The van der Waals surface area contributed by atoms with Crippen molar-refractivity contribution < 1.29 is 27.9 Å². The molecule has 2 aromatic carbocycles. The average molecular weight is 498 g/mol. The highest BCUT2D eigenvalue weighted by atomic mass is 19.4. The lowest BCUT2D eigenvalue weighted by molar-refractivity contribution is -0.192. The molecule has 12 heteroatoms. The number of alkyl halides is 3. The zero-order valence-corrected chi connectivity index (χ0v) is 18.9. The van der Waals surface area contributed by atoms with Crippen LogP contribution in [0.4, 0.5) is 24.7 Å². The fraction of sp³-hybridized carbons (Fsp3) is 0.125. The Kier molecular flexibility index (Phi) is 8.00. The van der Waals surface area contributed by atoms with Gasteiger partial charge in [-0.3, -0.25) is 4.79 Å². The number of nitrogens with one attached hydrogen (secondary N) is 1. The number of aliphatic carboxylic acids is 1. The Morgan fingerprint density at radius 3 is 2.42 bits per heavy atom. The standard InChI is InChI=1S/C22H20N6O.C2HF3O2/c1-15-9-10-16(12-19(15)22(29)25-18-7-3-2-4-8-18)20-14-28(27-26-20)13-17-6-5-11-24-21(17)23;3-2(4,5)1(6)7/h2-12,14H,13H2,1H3,(H2,23,24)(H,25,29);(H,6,7). The number of hydrogen-bond donors (Lipinski definition) is 3. The summed E-state index contributed by atoms with van der Waals surface area (Å²) in [4.78, 5) is 25.7. The molecular weight excluding hydrogens is 477 g/mol. The fourth-order valence-corrected chi connectivity index (χ4v) is 3.01. The van der Waals surface area contributed by atoms with Gasteiger partial charge in [-0.1, -0.05) is 41.6 Å². The molecule has 4 N–H and O–H groups in total. The van der Waals surface area contributed by atoms with Crippen LogP contribution in [0.1, 0.15) is 21.5 Å². The van der Waals surface area contributed by atoms with Crippen molar-refractivity contribution in [3.8, 4) is 11.3 Å². The molecule has 4 aromatic rings. The number of pyridine rings is 1. The van der Waals surface area contributed by atoms with Crippen molar-refractivity contribution in [1.82, 2.24) is 20.0 Å². The fourth-order valence-electron chi connectivity index (χ4n) is 3.01. The van der Waals surface area contributed by atoms with Crippen LogP contribution in [0, 0.1) is 6.92 Å². The maximum Gasteiger partial charge on any atom is 0.490 e. The number of carboxylic acids is 1. The number of anilines is 2. The first kappa shape index (κ1) is 25.9. The van der Waals surface area contributed by atoms with E-state index in [0.717, 1.165) is 22.4 Å². The predicted molar refractivity (Wildman–Crippen MR) is 126 cm³/mol. The van der Waals surface area contributed by atoms with Gasteiger partial charge in [0.15, 0.2) is 0 Å². The number of para-hydroxylation sites is 1. The summed E-state index contributed by atoms with van der Waals surface area (Å²) in [6, 6.07) is 18.8. The lowest BCUT2D eigenvalue weighted by Crippen LogP contribution is -2.21. The van der Waals surface area contributed by atoms with Crippen molar-refractivity contribution in [1.29, 1.82) is 0 Å². The van der Waals surface area contributed by atoms with E-state index >= 15 is 0 Å². The number of halogens is 3. The molecule has 2 heterocycles. The Morgan fingerprint density at radius 1 is 1.08 bits per heavy atom. The van der Waals surface area contributed by atoms with Gasteiger partial charge >= 0.3 is 12.1 Å². The Bertz CT molecular complexity index is 1360. The summed E-state index contributed by atoms with van der Waals surface area (Å²) in [5, 5.41) is 18.5. The van der Waals surface area contributed by atoms with Crippen molar-refractivity contribution in [3.05, 3.63) is 89.7 Å². The van der Waals surface area contributed by atoms with Gasteiger partial charge in [-0.25, -0.2) is 14.5 Å². The Morgan fingerprint density at radius 2 is 1.78 bits per heavy atom. The van der Waals surface area contributed by atoms with Gasteiger partial charge in [-0.05, 0) is 36.8 Å². The van der Waals surface area contributed by atoms with Crippen LogP contribution in [-0.2, 0) is 11.3 Å². The second-order valence-electron chi connectivity index (χ2n) is 7.50. The SMILES string of the molecule is Cc1ccc(-c2cn(Cc3cccnc3N)nn2)cc1C(=O)Nc1ccccc1.O=C(O)C(F)(F)F. The molecule has 2 aromatic heterocycles. The van der Waals surface area contributed by atoms with Crippen LogP contribution in [0.3, 0.4) is 0 Å². The molecule has 1 amide bonds. The summed E-state index contributed by atoms with van der Waals surface area (Å²) in [7, 11) is 0. The van der Waals surface area contributed by atoms with E-state index in [9.17, 15) is 18.0 Å². The van der Waals surface area contributed by atoms with Gasteiger partial charge in [-0.2, -0.15) is 13.2 Å². The third-order valence-electron chi connectivity index (χ3n) is 4.85. The Hall–Kier alpha value is -4.74. The number of carboxylic acid groups (broad SMARTS) is 1. The summed E-state index contributed by atoms with van der Waals surface area (Å²) < 4.78 is 33.4. The molecule has 0 bridgehead atoms. The normalized spacial score (nSPS) is 10.8. The molecule has 4 rings (SSSR count). The molecule has 0 saturated carbocycles. The highest BCUT2D eigenvalue weighted by Crippen LogP contribution is 2.22. The summed E-state index contributed by atoms with van der Waals surface area (Å²) >= 11 is 0. The number of aromatic nitrogens is 4. The van der Waals surface area contributed by atoms with Crippen LogP contribution in [0.25, 0.3) is 11.3 Å². The highest BCUT2D eigenvalue weighted by molar-refractivity contribution is 6.05. The lowest BCUT2D eigenvalue weighted by atomic mass is 10.0. The topological polar surface area (TPSA) is 136 Å². The van der Waals surface area contributed by atoms with Gasteiger partial charge in [0.25, 0.3) is 5.91 Å². The number of hydrogen-bond acceptors (Lipinski definition) is 6. The Labute approximate surface area is 203 Å². The smallest absolute Gasteiger partial charge is 0.475 e. The van der Waals surface area contributed by atoms with Gasteiger partial charge in [0.2, 0.25) is 0 Å².